The fourth-order valence-corrected chi connectivity index (χ4v) is 2.56. The van der Waals surface area contributed by atoms with Crippen LogP contribution in [0.5, 0.6) is 0 Å². The molecular formula is C13H16ClNO2. The van der Waals surface area contributed by atoms with E-state index in [1.165, 1.54) is 7.11 Å². The summed E-state index contributed by atoms with van der Waals surface area (Å²) in [5.74, 6) is 0.201. The highest BCUT2D eigenvalue weighted by Crippen LogP contribution is 2.30. The quantitative estimate of drug-likeness (QED) is 0.823. The van der Waals surface area contributed by atoms with Crippen molar-refractivity contribution in [2.45, 2.75) is 24.8 Å². The maximum absolute atomic E-state index is 11.4. The first kappa shape index (κ1) is 12.4. The van der Waals surface area contributed by atoms with Crippen molar-refractivity contribution in [2.75, 3.05) is 13.7 Å². The summed E-state index contributed by atoms with van der Waals surface area (Å²) in [7, 11) is 1.42. The van der Waals surface area contributed by atoms with Crippen LogP contribution in [0.15, 0.2) is 24.3 Å². The third-order valence-electron chi connectivity index (χ3n) is 3.25. The normalized spacial score (nSPS) is 24.4. The van der Waals surface area contributed by atoms with Crippen molar-refractivity contribution in [3.8, 4) is 0 Å². The number of hydrogen-bond acceptors (Lipinski definition) is 3. The minimum Gasteiger partial charge on any atom is -0.468 e. The second-order valence-corrected chi connectivity index (χ2v) is 4.69. The molecule has 0 aromatic heterocycles. The minimum absolute atomic E-state index is 0.168. The number of carbonyl (C=O) groups is 1. The van der Waals surface area contributed by atoms with Gasteiger partial charge in [-0.15, -0.1) is 0 Å². The largest absolute Gasteiger partial charge is 0.468 e. The van der Waals surface area contributed by atoms with Crippen molar-refractivity contribution >= 4 is 17.6 Å². The predicted molar refractivity (Wildman–Crippen MR) is 67.2 cm³/mol. The average Bonchev–Trinajstić information content (AvgIpc) is 2.39. The highest BCUT2D eigenvalue weighted by atomic mass is 35.5. The lowest BCUT2D eigenvalue weighted by Gasteiger charge is -2.29. The van der Waals surface area contributed by atoms with Crippen LogP contribution in [0, 0.1) is 0 Å². The summed E-state index contributed by atoms with van der Waals surface area (Å²) in [6.45, 7) is 0.767. The van der Waals surface area contributed by atoms with E-state index in [2.05, 4.69) is 5.32 Å². The standard InChI is InChI=1S/C13H16ClNO2/c1-17-13(16)12-7-6-9(8-15-12)10-4-2-3-5-11(10)14/h2-5,9,12,15H,6-8H2,1H3/t9-,12+/m0/s1. The molecular weight excluding hydrogens is 238 g/mol. The number of methoxy groups -OCH3 is 1. The van der Waals surface area contributed by atoms with E-state index in [4.69, 9.17) is 16.3 Å². The molecule has 1 saturated heterocycles. The summed E-state index contributed by atoms with van der Waals surface area (Å²) in [6.07, 6.45) is 1.75. The molecule has 2 atom stereocenters. The number of ether oxygens (including phenoxy) is 1. The van der Waals surface area contributed by atoms with Gasteiger partial charge >= 0.3 is 5.97 Å². The van der Waals surface area contributed by atoms with Crippen LogP contribution < -0.4 is 5.32 Å². The lowest BCUT2D eigenvalue weighted by molar-refractivity contribution is -0.143. The Morgan fingerprint density at radius 2 is 2.18 bits per heavy atom. The number of rotatable bonds is 2. The predicted octanol–water partition coefficient (Wildman–Crippen LogP) is 2.35. The van der Waals surface area contributed by atoms with E-state index in [1.807, 2.05) is 24.3 Å². The van der Waals surface area contributed by atoms with Crippen LogP contribution >= 0.6 is 11.6 Å². The maximum Gasteiger partial charge on any atom is 0.322 e. The molecule has 0 amide bonds. The van der Waals surface area contributed by atoms with Gasteiger partial charge in [-0.1, -0.05) is 29.8 Å². The Balaban J connectivity index is 2.00. The number of halogens is 1. The van der Waals surface area contributed by atoms with Gasteiger partial charge in [0, 0.05) is 11.6 Å². The van der Waals surface area contributed by atoms with Gasteiger partial charge in [0.25, 0.3) is 0 Å². The highest BCUT2D eigenvalue weighted by molar-refractivity contribution is 6.31. The van der Waals surface area contributed by atoms with Gasteiger partial charge in [-0.25, -0.2) is 0 Å². The molecule has 3 nitrogen and oxygen atoms in total. The molecule has 0 radical (unpaired) electrons. The minimum atomic E-state index is -0.178. The zero-order chi connectivity index (χ0) is 12.3. The monoisotopic (exact) mass is 253 g/mol. The summed E-state index contributed by atoms with van der Waals surface area (Å²) in [4.78, 5) is 11.4. The molecule has 0 bridgehead atoms. The fourth-order valence-electron chi connectivity index (χ4n) is 2.27. The van der Waals surface area contributed by atoms with Crippen LogP contribution in [-0.2, 0) is 9.53 Å². The Hall–Kier alpha value is -1.06. The number of hydrogen-bond donors (Lipinski definition) is 1. The molecule has 0 aliphatic carbocycles. The van der Waals surface area contributed by atoms with Crippen molar-refractivity contribution < 1.29 is 9.53 Å². The van der Waals surface area contributed by atoms with E-state index in [1.54, 1.807) is 0 Å². The van der Waals surface area contributed by atoms with E-state index in [0.717, 1.165) is 30.0 Å². The summed E-state index contributed by atoms with van der Waals surface area (Å²) in [5.41, 5.74) is 1.16. The molecule has 17 heavy (non-hydrogen) atoms. The lowest BCUT2D eigenvalue weighted by atomic mass is 9.89. The molecule has 0 saturated carbocycles. The lowest BCUT2D eigenvalue weighted by Crippen LogP contribution is -2.43. The summed E-state index contributed by atoms with van der Waals surface area (Å²) in [5, 5.41) is 4.01. The van der Waals surface area contributed by atoms with Crippen LogP contribution in [0.1, 0.15) is 24.3 Å². The van der Waals surface area contributed by atoms with Crippen LogP contribution in [0.3, 0.4) is 0 Å². The Bertz CT molecular complexity index is 400. The average molecular weight is 254 g/mol. The van der Waals surface area contributed by atoms with Crippen LogP contribution in [-0.4, -0.2) is 25.7 Å². The van der Waals surface area contributed by atoms with Crippen LogP contribution in [0.25, 0.3) is 0 Å². The molecule has 1 N–H and O–H groups in total. The Morgan fingerprint density at radius 1 is 1.41 bits per heavy atom. The molecule has 1 fully saturated rings. The Morgan fingerprint density at radius 3 is 2.76 bits per heavy atom. The van der Waals surface area contributed by atoms with Crippen molar-refractivity contribution in [3.05, 3.63) is 34.9 Å². The summed E-state index contributed by atoms with van der Waals surface area (Å²) < 4.78 is 4.73. The van der Waals surface area contributed by atoms with Gasteiger partial charge < -0.3 is 10.1 Å². The first-order valence-electron chi connectivity index (χ1n) is 5.78. The van der Waals surface area contributed by atoms with Crippen molar-refractivity contribution in [1.29, 1.82) is 0 Å². The van der Waals surface area contributed by atoms with Gasteiger partial charge in [0.05, 0.1) is 7.11 Å². The topological polar surface area (TPSA) is 38.3 Å². The van der Waals surface area contributed by atoms with E-state index < -0.39 is 0 Å². The molecule has 92 valence electrons. The Kier molecular flexibility index (Phi) is 4.02. The molecule has 2 rings (SSSR count). The smallest absolute Gasteiger partial charge is 0.322 e. The van der Waals surface area contributed by atoms with Crippen molar-refractivity contribution in [2.24, 2.45) is 0 Å². The summed E-state index contributed by atoms with van der Waals surface area (Å²) >= 11 is 6.16. The third-order valence-corrected chi connectivity index (χ3v) is 3.59. The van der Waals surface area contributed by atoms with Crippen molar-refractivity contribution in [1.82, 2.24) is 5.32 Å². The van der Waals surface area contributed by atoms with E-state index in [9.17, 15) is 4.79 Å². The third kappa shape index (κ3) is 2.79. The molecule has 4 heteroatoms. The van der Waals surface area contributed by atoms with Gasteiger partial charge in [0.2, 0.25) is 0 Å². The zero-order valence-corrected chi connectivity index (χ0v) is 10.5. The van der Waals surface area contributed by atoms with Gasteiger partial charge in [0.15, 0.2) is 0 Å². The second-order valence-electron chi connectivity index (χ2n) is 4.28. The molecule has 0 spiro atoms. The number of piperidine rings is 1. The second kappa shape index (κ2) is 5.52. The number of carbonyl (C=O) groups excluding carboxylic acids is 1. The van der Waals surface area contributed by atoms with E-state index in [-0.39, 0.29) is 12.0 Å². The molecule has 1 aliphatic heterocycles. The molecule has 1 heterocycles. The molecule has 1 aromatic rings. The maximum atomic E-state index is 11.4. The van der Waals surface area contributed by atoms with Gasteiger partial charge in [-0.3, -0.25) is 4.79 Å². The molecule has 1 aromatic carbocycles. The van der Waals surface area contributed by atoms with Crippen LogP contribution in [0.4, 0.5) is 0 Å². The highest BCUT2D eigenvalue weighted by Gasteiger charge is 2.27. The zero-order valence-electron chi connectivity index (χ0n) is 9.78. The first-order valence-corrected chi connectivity index (χ1v) is 6.16. The number of nitrogens with one attached hydrogen (secondary N) is 1. The Labute approximate surface area is 106 Å². The van der Waals surface area contributed by atoms with Gasteiger partial charge in [0.1, 0.15) is 6.04 Å². The van der Waals surface area contributed by atoms with Gasteiger partial charge in [-0.05, 0) is 30.4 Å². The number of esters is 1. The van der Waals surface area contributed by atoms with E-state index >= 15 is 0 Å². The SMILES string of the molecule is COC(=O)[C@H]1CC[C@H](c2ccccc2Cl)CN1. The fraction of sp³-hybridized carbons (Fsp3) is 0.462. The summed E-state index contributed by atoms with van der Waals surface area (Å²) in [6, 6.07) is 7.71. The molecule has 0 unspecified atom stereocenters. The van der Waals surface area contributed by atoms with Crippen molar-refractivity contribution in [3.63, 3.8) is 0 Å². The van der Waals surface area contributed by atoms with E-state index in [0.29, 0.717) is 5.92 Å². The van der Waals surface area contributed by atoms with Gasteiger partial charge in [-0.2, -0.15) is 0 Å². The number of benzene rings is 1. The molecule has 1 aliphatic rings. The van der Waals surface area contributed by atoms with Crippen LogP contribution in [0.2, 0.25) is 5.02 Å². The first-order chi connectivity index (χ1) is 8.22.